The van der Waals surface area contributed by atoms with Crippen molar-refractivity contribution < 1.29 is 5.11 Å². The third kappa shape index (κ3) is 4.67. The molecule has 1 saturated carbocycles. The normalized spacial score (nSPS) is 20.0. The highest BCUT2D eigenvalue weighted by atomic mass is 127. The van der Waals surface area contributed by atoms with Crippen molar-refractivity contribution in [1.29, 1.82) is 0 Å². The van der Waals surface area contributed by atoms with Crippen molar-refractivity contribution in [3.8, 4) is 0 Å². The van der Waals surface area contributed by atoms with Crippen molar-refractivity contribution in [3.05, 3.63) is 22.7 Å². The minimum absolute atomic E-state index is 0. The van der Waals surface area contributed by atoms with Crippen molar-refractivity contribution in [2.45, 2.75) is 31.3 Å². The highest BCUT2D eigenvalue weighted by Crippen LogP contribution is 2.28. The predicted molar refractivity (Wildman–Crippen MR) is 113 cm³/mol. The van der Waals surface area contributed by atoms with Crippen LogP contribution in [0.25, 0.3) is 0 Å². The van der Waals surface area contributed by atoms with Gasteiger partial charge in [-0.3, -0.25) is 9.79 Å². The van der Waals surface area contributed by atoms with Crippen LogP contribution in [-0.2, 0) is 7.05 Å². The highest BCUT2D eigenvalue weighted by Gasteiger charge is 2.32. The minimum Gasteiger partial charge on any atom is -0.388 e. The summed E-state index contributed by atoms with van der Waals surface area (Å²) in [5, 5.41) is 13.8. The van der Waals surface area contributed by atoms with Gasteiger partial charge in [-0.2, -0.15) is 0 Å². The van der Waals surface area contributed by atoms with Gasteiger partial charge < -0.3 is 24.8 Å². The molecule has 2 N–H and O–H groups in total. The van der Waals surface area contributed by atoms with Gasteiger partial charge in [0.05, 0.1) is 5.60 Å². The summed E-state index contributed by atoms with van der Waals surface area (Å²) in [6.45, 7) is 3.50. The van der Waals surface area contributed by atoms with E-state index < -0.39 is 5.60 Å². The Kier molecular flexibility index (Phi) is 7.27. The lowest BCUT2D eigenvalue weighted by Crippen LogP contribution is -2.55. The summed E-state index contributed by atoms with van der Waals surface area (Å²) in [5.41, 5.74) is -0.667. The molecule has 0 aromatic carbocycles. The molecular formula is C17H29IN6O2. The number of aliphatic hydroxyl groups is 1. The van der Waals surface area contributed by atoms with Crippen LogP contribution in [0, 0.1) is 0 Å². The molecule has 146 valence electrons. The fourth-order valence-corrected chi connectivity index (χ4v) is 3.62. The van der Waals surface area contributed by atoms with Gasteiger partial charge in [0.1, 0.15) is 0 Å². The largest absolute Gasteiger partial charge is 0.388 e. The van der Waals surface area contributed by atoms with E-state index in [4.69, 9.17) is 0 Å². The molecule has 1 aliphatic carbocycles. The average Bonchev–Trinajstić information content (AvgIpc) is 3.05. The van der Waals surface area contributed by atoms with Gasteiger partial charge in [-0.15, -0.1) is 24.0 Å². The third-order valence-corrected chi connectivity index (χ3v) is 5.20. The molecule has 2 fully saturated rings. The van der Waals surface area contributed by atoms with E-state index in [1.807, 2.05) is 4.90 Å². The molecule has 1 aromatic rings. The number of piperazine rings is 1. The number of aryl methyl sites for hydroxylation is 1. The zero-order valence-electron chi connectivity index (χ0n) is 15.5. The second-order valence-electron chi connectivity index (χ2n) is 6.97. The van der Waals surface area contributed by atoms with Gasteiger partial charge in [-0.25, -0.2) is 4.98 Å². The van der Waals surface area contributed by atoms with Crippen LogP contribution in [0.15, 0.2) is 22.2 Å². The van der Waals surface area contributed by atoms with E-state index in [1.54, 1.807) is 31.1 Å². The van der Waals surface area contributed by atoms with Gasteiger partial charge in [0, 0.05) is 59.2 Å². The van der Waals surface area contributed by atoms with Crippen LogP contribution in [0.4, 0.5) is 5.82 Å². The van der Waals surface area contributed by atoms with Crippen LogP contribution in [0.1, 0.15) is 25.7 Å². The number of aromatic nitrogens is 2. The molecule has 1 saturated heterocycles. The van der Waals surface area contributed by atoms with Crippen LogP contribution < -0.4 is 15.8 Å². The van der Waals surface area contributed by atoms with Crippen LogP contribution in [0.3, 0.4) is 0 Å². The van der Waals surface area contributed by atoms with Crippen LogP contribution in [-0.4, -0.2) is 70.9 Å². The van der Waals surface area contributed by atoms with E-state index in [9.17, 15) is 9.90 Å². The van der Waals surface area contributed by atoms with Crippen molar-refractivity contribution in [1.82, 2.24) is 19.8 Å². The van der Waals surface area contributed by atoms with Crippen LogP contribution in [0.5, 0.6) is 0 Å². The Morgan fingerprint density at radius 3 is 2.58 bits per heavy atom. The Labute approximate surface area is 171 Å². The van der Waals surface area contributed by atoms with Gasteiger partial charge in [0.25, 0.3) is 5.56 Å². The zero-order chi connectivity index (χ0) is 17.9. The zero-order valence-corrected chi connectivity index (χ0v) is 17.8. The summed E-state index contributed by atoms with van der Waals surface area (Å²) in [4.78, 5) is 25.0. The first kappa shape index (κ1) is 20.9. The van der Waals surface area contributed by atoms with Crippen molar-refractivity contribution in [2.75, 3.05) is 44.7 Å². The number of aliphatic imine (C=N–C) groups is 1. The molecule has 0 amide bonds. The molecule has 1 aromatic heterocycles. The number of halogens is 1. The molecule has 0 unspecified atom stereocenters. The lowest BCUT2D eigenvalue weighted by Gasteiger charge is -2.37. The summed E-state index contributed by atoms with van der Waals surface area (Å²) >= 11 is 0. The summed E-state index contributed by atoms with van der Waals surface area (Å²) in [5.74, 6) is 1.32. The first-order valence-corrected chi connectivity index (χ1v) is 8.97. The van der Waals surface area contributed by atoms with Gasteiger partial charge in [0.2, 0.25) is 0 Å². The number of hydrogen-bond donors (Lipinski definition) is 2. The van der Waals surface area contributed by atoms with Crippen LogP contribution in [0.2, 0.25) is 0 Å². The Morgan fingerprint density at radius 2 is 1.96 bits per heavy atom. The van der Waals surface area contributed by atoms with E-state index in [-0.39, 0.29) is 29.5 Å². The molecule has 2 heterocycles. The van der Waals surface area contributed by atoms with E-state index >= 15 is 0 Å². The number of hydrogen-bond acceptors (Lipinski definition) is 5. The lowest BCUT2D eigenvalue weighted by atomic mass is 10.0. The fraction of sp³-hybridized carbons (Fsp3) is 0.706. The maximum absolute atomic E-state index is 12.2. The molecule has 8 nitrogen and oxygen atoms in total. The molecule has 0 atom stereocenters. The Balaban J connectivity index is 0.00000243. The smallest absolute Gasteiger partial charge is 0.293 e. The first-order chi connectivity index (χ1) is 12.0. The Bertz CT molecular complexity index is 678. The summed E-state index contributed by atoms with van der Waals surface area (Å²) in [6, 6.07) is 0. The average molecular weight is 476 g/mol. The molecule has 1 aliphatic heterocycles. The van der Waals surface area contributed by atoms with E-state index in [1.165, 1.54) is 0 Å². The van der Waals surface area contributed by atoms with E-state index in [0.717, 1.165) is 57.8 Å². The molecule has 9 heteroatoms. The molecule has 0 radical (unpaired) electrons. The fourth-order valence-electron chi connectivity index (χ4n) is 3.62. The molecule has 0 spiro atoms. The molecule has 2 aliphatic rings. The second-order valence-corrected chi connectivity index (χ2v) is 6.97. The molecule has 26 heavy (non-hydrogen) atoms. The number of nitrogens with zero attached hydrogens (tertiary/aromatic N) is 5. The van der Waals surface area contributed by atoms with Crippen molar-refractivity contribution in [2.24, 2.45) is 12.0 Å². The van der Waals surface area contributed by atoms with Gasteiger partial charge in [0.15, 0.2) is 11.8 Å². The second kappa shape index (κ2) is 9.03. The first-order valence-electron chi connectivity index (χ1n) is 8.97. The van der Waals surface area contributed by atoms with Gasteiger partial charge in [-0.1, -0.05) is 12.8 Å². The van der Waals surface area contributed by atoms with E-state index in [0.29, 0.717) is 12.4 Å². The quantitative estimate of drug-likeness (QED) is 0.374. The lowest BCUT2D eigenvalue weighted by molar-refractivity contribution is 0.0515. The molecule has 3 rings (SSSR count). The molecule has 0 bridgehead atoms. The van der Waals surface area contributed by atoms with Crippen LogP contribution >= 0.6 is 24.0 Å². The SMILES string of the molecule is CN=C(NCC1(O)CCCC1)N1CCN(c2nccn(C)c2=O)CC1.I. The summed E-state index contributed by atoms with van der Waals surface area (Å²) in [6.07, 6.45) is 7.22. The Hall–Kier alpha value is -1.36. The summed E-state index contributed by atoms with van der Waals surface area (Å²) in [7, 11) is 3.51. The maximum atomic E-state index is 12.2. The standard InChI is InChI=1S/C17H28N6O2.HI/c1-18-16(20-13-17(25)5-3-4-6-17)23-11-9-22(10-12-23)14-15(24)21(2)8-7-19-14;/h7-8,25H,3-6,9-13H2,1-2H3,(H,18,20);1H. The monoisotopic (exact) mass is 476 g/mol. The third-order valence-electron chi connectivity index (χ3n) is 5.20. The maximum Gasteiger partial charge on any atom is 0.293 e. The highest BCUT2D eigenvalue weighted by molar-refractivity contribution is 14.0. The molecular weight excluding hydrogens is 447 g/mol. The van der Waals surface area contributed by atoms with Gasteiger partial charge >= 0.3 is 0 Å². The summed E-state index contributed by atoms with van der Waals surface area (Å²) < 4.78 is 1.55. The van der Waals surface area contributed by atoms with E-state index in [2.05, 4.69) is 20.2 Å². The predicted octanol–water partition coefficient (Wildman–Crippen LogP) is 0.401. The Morgan fingerprint density at radius 1 is 1.31 bits per heavy atom. The van der Waals surface area contributed by atoms with Crippen molar-refractivity contribution in [3.63, 3.8) is 0 Å². The van der Waals surface area contributed by atoms with Gasteiger partial charge in [-0.05, 0) is 12.8 Å². The number of rotatable bonds is 3. The number of guanidine groups is 1. The minimum atomic E-state index is -0.599. The van der Waals surface area contributed by atoms with Crippen molar-refractivity contribution >= 4 is 35.8 Å². The number of anilines is 1. The number of nitrogens with one attached hydrogen (secondary N) is 1. The topological polar surface area (TPSA) is 86.0 Å².